The van der Waals surface area contributed by atoms with Gasteiger partial charge >= 0.3 is 0 Å². The summed E-state index contributed by atoms with van der Waals surface area (Å²) in [5.74, 6) is 0.954. The quantitative estimate of drug-likeness (QED) is 0.170. The molecule has 0 saturated heterocycles. The van der Waals surface area contributed by atoms with E-state index in [2.05, 4.69) is 224 Å². The zero-order valence-corrected chi connectivity index (χ0v) is 31.9. The Labute approximate surface area is 332 Å². The molecule has 0 bridgehead atoms. The fraction of sp³-hybridized carbons (Fsp3) is 0.0556. The molecule has 0 amide bonds. The maximum atomic E-state index is 5.31. The van der Waals surface area contributed by atoms with Gasteiger partial charge in [-0.25, -0.2) is 4.98 Å². The van der Waals surface area contributed by atoms with Crippen molar-refractivity contribution in [1.29, 1.82) is 0 Å². The molecule has 0 spiro atoms. The van der Waals surface area contributed by atoms with Gasteiger partial charge in [0.1, 0.15) is 5.82 Å². The van der Waals surface area contributed by atoms with Crippen LogP contribution in [0.1, 0.15) is 25.0 Å². The van der Waals surface area contributed by atoms with Gasteiger partial charge in [-0.05, 0) is 128 Å². The Kier molecular flexibility index (Phi) is 7.52. The monoisotopic (exact) mass is 729 g/mol. The average Bonchev–Trinajstić information content (AvgIpc) is 3.74. The Morgan fingerprint density at radius 2 is 0.947 bits per heavy atom. The minimum atomic E-state index is -0.211. The van der Waals surface area contributed by atoms with Crippen LogP contribution in [0.15, 0.2) is 200 Å². The van der Waals surface area contributed by atoms with Gasteiger partial charge in [0, 0.05) is 33.7 Å². The molecule has 0 saturated carbocycles. The fourth-order valence-corrected chi connectivity index (χ4v) is 8.99. The highest BCUT2D eigenvalue weighted by Crippen LogP contribution is 2.52. The van der Waals surface area contributed by atoms with Crippen molar-refractivity contribution in [3.8, 4) is 39.3 Å². The Hall–Kier alpha value is -7.23. The molecular weight excluding hydrogens is 691 g/mol. The number of fused-ring (bicyclic) bond motifs is 6. The molecule has 0 atom stereocenters. The van der Waals surface area contributed by atoms with Gasteiger partial charge in [0.2, 0.25) is 0 Å². The summed E-state index contributed by atoms with van der Waals surface area (Å²) in [6.45, 7) is 4.72. The van der Waals surface area contributed by atoms with Crippen molar-refractivity contribution < 1.29 is 0 Å². The average molecular weight is 730 g/mol. The van der Waals surface area contributed by atoms with E-state index in [1.165, 1.54) is 54.9 Å². The number of nitrogens with zero attached hydrogens (tertiary/aromatic N) is 3. The van der Waals surface area contributed by atoms with Crippen molar-refractivity contribution in [3.05, 3.63) is 211 Å². The second kappa shape index (κ2) is 12.9. The minimum absolute atomic E-state index is 0.211. The third-order valence-corrected chi connectivity index (χ3v) is 11.9. The first-order chi connectivity index (χ1) is 28.0. The fourth-order valence-electron chi connectivity index (χ4n) is 8.99. The van der Waals surface area contributed by atoms with E-state index in [1.807, 2.05) is 0 Å². The Bertz CT molecular complexity index is 3130. The van der Waals surface area contributed by atoms with Crippen molar-refractivity contribution in [2.24, 2.45) is 0 Å². The largest absolute Gasteiger partial charge is 0.310 e. The lowest BCUT2D eigenvalue weighted by Gasteiger charge is -2.27. The molecule has 11 rings (SSSR count). The first kappa shape index (κ1) is 33.1. The lowest BCUT2D eigenvalue weighted by atomic mass is 9.81. The van der Waals surface area contributed by atoms with E-state index in [0.717, 1.165) is 45.2 Å². The second-order valence-corrected chi connectivity index (χ2v) is 15.7. The first-order valence-corrected chi connectivity index (χ1v) is 19.7. The molecule has 0 fully saturated rings. The van der Waals surface area contributed by atoms with Crippen LogP contribution in [-0.2, 0) is 5.41 Å². The summed E-state index contributed by atoms with van der Waals surface area (Å²) in [6.07, 6.45) is 0. The standard InChI is InChI=1S/C54H39N3/c1-54(2)49-33-42-31-46(56(45-28-24-37-16-12-13-19-40(37)30-45)44-26-22-38(23-27-44)36-14-6-3-7-15-36)29-25-41(42)32-47(49)48-34-52-51(35-50(48)54)55-53(39-17-8-4-9-18-39)57(52)43-20-10-5-11-21-43/h3-35H,1-2H3. The maximum Gasteiger partial charge on any atom is 0.145 e. The lowest BCUT2D eigenvalue weighted by Crippen LogP contribution is -2.15. The number of hydrogen-bond acceptors (Lipinski definition) is 2. The van der Waals surface area contributed by atoms with Gasteiger partial charge in [-0.15, -0.1) is 0 Å². The van der Waals surface area contributed by atoms with Gasteiger partial charge in [0.05, 0.1) is 11.0 Å². The summed E-state index contributed by atoms with van der Waals surface area (Å²) in [4.78, 5) is 7.70. The SMILES string of the molecule is CC1(C)c2cc3cc(N(c4ccc(-c5ccccc5)cc4)c4ccc5ccccc5c4)ccc3cc2-c2cc3c(cc21)nc(-c1ccccc1)n3-c1ccccc1. The Morgan fingerprint density at radius 1 is 0.421 bits per heavy atom. The lowest BCUT2D eigenvalue weighted by molar-refractivity contribution is 0.662. The van der Waals surface area contributed by atoms with Crippen molar-refractivity contribution in [2.75, 3.05) is 4.90 Å². The first-order valence-electron chi connectivity index (χ1n) is 19.7. The van der Waals surface area contributed by atoms with Crippen LogP contribution in [0, 0.1) is 0 Å². The summed E-state index contributed by atoms with van der Waals surface area (Å²) in [5.41, 5.74) is 15.1. The van der Waals surface area contributed by atoms with E-state index in [4.69, 9.17) is 4.98 Å². The van der Waals surface area contributed by atoms with Crippen molar-refractivity contribution in [2.45, 2.75) is 19.3 Å². The molecule has 0 aliphatic heterocycles. The highest BCUT2D eigenvalue weighted by molar-refractivity contribution is 6.00. The van der Waals surface area contributed by atoms with Crippen LogP contribution in [0.2, 0.25) is 0 Å². The zero-order valence-electron chi connectivity index (χ0n) is 31.9. The van der Waals surface area contributed by atoms with Crippen LogP contribution in [0.3, 0.4) is 0 Å². The van der Waals surface area contributed by atoms with E-state index >= 15 is 0 Å². The molecule has 1 heterocycles. The highest BCUT2D eigenvalue weighted by atomic mass is 15.1. The van der Waals surface area contributed by atoms with E-state index in [9.17, 15) is 0 Å². The van der Waals surface area contributed by atoms with Crippen LogP contribution in [0.5, 0.6) is 0 Å². The van der Waals surface area contributed by atoms with Gasteiger partial charge in [-0.1, -0.05) is 141 Å². The van der Waals surface area contributed by atoms with Gasteiger partial charge < -0.3 is 4.90 Å². The van der Waals surface area contributed by atoms with Crippen molar-refractivity contribution >= 4 is 49.6 Å². The third-order valence-electron chi connectivity index (χ3n) is 11.9. The number of hydrogen-bond donors (Lipinski definition) is 0. The molecule has 3 nitrogen and oxygen atoms in total. The molecule has 57 heavy (non-hydrogen) atoms. The Balaban J connectivity index is 1.06. The second-order valence-electron chi connectivity index (χ2n) is 15.7. The highest BCUT2D eigenvalue weighted by Gasteiger charge is 2.37. The molecule has 0 unspecified atom stereocenters. The van der Waals surface area contributed by atoms with Gasteiger partial charge in [-0.3, -0.25) is 4.57 Å². The molecule has 0 radical (unpaired) electrons. The number of aromatic nitrogens is 2. The van der Waals surface area contributed by atoms with Gasteiger partial charge in [0.25, 0.3) is 0 Å². The molecule has 1 aliphatic carbocycles. The summed E-state index contributed by atoms with van der Waals surface area (Å²) in [6, 6.07) is 72.5. The normalized spacial score (nSPS) is 12.9. The smallest absolute Gasteiger partial charge is 0.145 e. The predicted molar refractivity (Wildman–Crippen MR) is 239 cm³/mol. The van der Waals surface area contributed by atoms with Crippen molar-refractivity contribution in [1.82, 2.24) is 9.55 Å². The Morgan fingerprint density at radius 3 is 1.67 bits per heavy atom. The summed E-state index contributed by atoms with van der Waals surface area (Å²) in [7, 11) is 0. The molecule has 10 aromatic rings. The number of imidazole rings is 1. The molecule has 3 heteroatoms. The molecule has 1 aliphatic rings. The van der Waals surface area contributed by atoms with Gasteiger partial charge in [-0.2, -0.15) is 0 Å². The van der Waals surface area contributed by atoms with Crippen molar-refractivity contribution in [3.63, 3.8) is 0 Å². The summed E-state index contributed by atoms with van der Waals surface area (Å²) in [5, 5.41) is 4.90. The topological polar surface area (TPSA) is 21.1 Å². The molecular formula is C54H39N3. The van der Waals surface area contributed by atoms with Crippen LogP contribution >= 0.6 is 0 Å². The van der Waals surface area contributed by atoms with E-state index in [-0.39, 0.29) is 5.41 Å². The number of para-hydroxylation sites is 1. The van der Waals surface area contributed by atoms with Crippen LogP contribution in [0.4, 0.5) is 17.1 Å². The van der Waals surface area contributed by atoms with E-state index in [0.29, 0.717) is 0 Å². The number of rotatable bonds is 6. The van der Waals surface area contributed by atoms with Gasteiger partial charge in [0.15, 0.2) is 0 Å². The molecule has 1 aromatic heterocycles. The maximum absolute atomic E-state index is 5.31. The number of benzene rings is 9. The zero-order chi connectivity index (χ0) is 38.1. The number of anilines is 3. The molecule has 0 N–H and O–H groups in total. The summed E-state index contributed by atoms with van der Waals surface area (Å²) >= 11 is 0. The van der Waals surface area contributed by atoms with E-state index in [1.54, 1.807) is 0 Å². The summed E-state index contributed by atoms with van der Waals surface area (Å²) < 4.78 is 2.32. The minimum Gasteiger partial charge on any atom is -0.310 e. The van der Waals surface area contributed by atoms with Crippen LogP contribution < -0.4 is 4.90 Å². The van der Waals surface area contributed by atoms with Crippen LogP contribution in [0.25, 0.3) is 71.9 Å². The van der Waals surface area contributed by atoms with E-state index < -0.39 is 0 Å². The molecule has 270 valence electrons. The predicted octanol–water partition coefficient (Wildman–Crippen LogP) is 14.4. The molecule has 9 aromatic carbocycles. The van der Waals surface area contributed by atoms with Crippen LogP contribution in [-0.4, -0.2) is 9.55 Å². The third kappa shape index (κ3) is 5.46.